The van der Waals surface area contributed by atoms with Crippen LogP contribution in [-0.4, -0.2) is 13.7 Å². The van der Waals surface area contributed by atoms with Gasteiger partial charge in [-0.1, -0.05) is 139 Å². The molecule has 0 bridgehead atoms. The topological polar surface area (TPSA) is 14.8 Å². The Bertz CT molecular complexity index is 4740. The zero-order valence-corrected chi connectivity index (χ0v) is 29.4. The van der Waals surface area contributed by atoms with Crippen LogP contribution >= 0.6 is 0 Å². The molecule has 0 radical (unpaired) electrons. The van der Waals surface area contributed by atoms with Crippen LogP contribution in [0.4, 0.5) is 0 Å². The largest absolute Gasteiger partial charge is 0.309 e. The standard InChI is InChI=1S/C54H35N3/c1-3-16-36(17-4-1)40-20-7-11-25-47(40)57-50-28-14-10-23-44(50)54-41(24-15-29-53(54)57)37-30-32-51-45(34-37)42-21-8-13-27-49(42)56(51)39-31-33-52-46(35-39)43-22-9-12-26-48(43)55(52)38-18-5-2-6-19-38/h1-35H/i8D,9D,10D,12D,13D,14D,15D,21D,22D,23D,24D,26D,27D,28D,29D,30D,31D,32D,33D,34D,35D. The van der Waals surface area contributed by atoms with Gasteiger partial charge in [0.2, 0.25) is 0 Å². The summed E-state index contributed by atoms with van der Waals surface area (Å²) < 4.78 is 200. The molecule has 0 spiro atoms. The van der Waals surface area contributed by atoms with Gasteiger partial charge in [0.1, 0.15) is 0 Å². The van der Waals surface area contributed by atoms with Crippen LogP contribution in [0.2, 0.25) is 0 Å². The number of rotatable bonds is 5. The third-order valence-electron chi connectivity index (χ3n) is 10.2. The monoisotopic (exact) mass is 746 g/mol. The van der Waals surface area contributed by atoms with E-state index in [1.807, 2.05) is 12.1 Å². The predicted molar refractivity (Wildman–Crippen MR) is 240 cm³/mol. The molecule has 0 saturated heterocycles. The molecule has 3 heterocycles. The van der Waals surface area contributed by atoms with Crippen LogP contribution in [0.3, 0.4) is 0 Å². The van der Waals surface area contributed by atoms with Gasteiger partial charge >= 0.3 is 0 Å². The fourth-order valence-corrected chi connectivity index (χ4v) is 7.85. The number of hydrogen-bond donors (Lipinski definition) is 0. The summed E-state index contributed by atoms with van der Waals surface area (Å²) in [6.07, 6.45) is 0. The Morgan fingerprint density at radius 2 is 0.860 bits per heavy atom. The minimum atomic E-state index is -0.870. The van der Waals surface area contributed by atoms with E-state index in [9.17, 15) is 17.8 Å². The Hall–Kier alpha value is -7.62. The average molecular weight is 747 g/mol. The molecular weight excluding hydrogens is 691 g/mol. The SMILES string of the molecule is [2H]c1c([2H])c([2H])c2c(c1[2H])c1c([2H])c(-n3c4c([2H])c([2H])c([2H])c([2H])c4c4c([2H])c(-c5c([2H])c([2H])c([2H])c6c5c5c([2H])c([2H])c([2H])c([2H])c5n6-c5ccccc5-c5ccccc5)c([2H])c([2H])c43)c([2H])c([2H])c1n2-c1ccccc1. The number of hydrogen-bond acceptors (Lipinski definition) is 0. The quantitative estimate of drug-likeness (QED) is 0.167. The van der Waals surface area contributed by atoms with Gasteiger partial charge in [0.15, 0.2) is 0 Å². The highest BCUT2D eigenvalue weighted by molar-refractivity contribution is 6.18. The molecule has 12 aromatic rings. The Morgan fingerprint density at radius 3 is 1.60 bits per heavy atom. The van der Waals surface area contributed by atoms with E-state index in [1.165, 1.54) is 9.13 Å². The first kappa shape index (κ1) is 17.5. The highest BCUT2D eigenvalue weighted by Crippen LogP contribution is 2.43. The molecule has 0 aliphatic carbocycles. The molecule has 0 fully saturated rings. The fourth-order valence-electron chi connectivity index (χ4n) is 7.85. The maximum absolute atomic E-state index is 10.2. The zero-order chi connectivity index (χ0) is 55.7. The summed E-state index contributed by atoms with van der Waals surface area (Å²) in [6, 6.07) is 9.11. The molecule has 3 nitrogen and oxygen atoms in total. The number of para-hydroxylation sites is 5. The van der Waals surface area contributed by atoms with Crippen molar-refractivity contribution in [2.45, 2.75) is 0 Å². The van der Waals surface area contributed by atoms with Gasteiger partial charge in [0.25, 0.3) is 0 Å². The van der Waals surface area contributed by atoms with Gasteiger partial charge in [-0.05, 0) is 89.3 Å². The second kappa shape index (κ2) is 12.5. The van der Waals surface area contributed by atoms with Gasteiger partial charge in [-0.25, -0.2) is 0 Å². The van der Waals surface area contributed by atoms with Crippen LogP contribution < -0.4 is 0 Å². The van der Waals surface area contributed by atoms with E-state index in [2.05, 4.69) is 0 Å². The summed E-state index contributed by atoms with van der Waals surface area (Å²) in [4.78, 5) is 0. The van der Waals surface area contributed by atoms with Crippen LogP contribution in [0.5, 0.6) is 0 Å². The van der Waals surface area contributed by atoms with Crippen molar-refractivity contribution in [3.05, 3.63) is 212 Å². The minimum absolute atomic E-state index is 0.141. The van der Waals surface area contributed by atoms with Crippen LogP contribution in [0.15, 0.2) is 212 Å². The molecule has 0 atom stereocenters. The van der Waals surface area contributed by atoms with Crippen molar-refractivity contribution in [2.24, 2.45) is 0 Å². The summed E-state index contributed by atoms with van der Waals surface area (Å²) in [5.74, 6) is 0. The molecule has 0 aliphatic heterocycles. The van der Waals surface area contributed by atoms with Crippen LogP contribution in [0.25, 0.3) is 105 Å². The lowest BCUT2D eigenvalue weighted by molar-refractivity contribution is 1.17. The number of aromatic nitrogens is 3. The first-order valence-corrected chi connectivity index (χ1v) is 17.9. The molecule has 9 aromatic carbocycles. The lowest BCUT2D eigenvalue weighted by Gasteiger charge is -2.14. The maximum atomic E-state index is 10.2. The maximum Gasteiger partial charge on any atom is 0.0652 e. The highest BCUT2D eigenvalue weighted by Gasteiger charge is 2.20. The van der Waals surface area contributed by atoms with Gasteiger partial charge in [-0.15, -0.1) is 0 Å². The highest BCUT2D eigenvalue weighted by atomic mass is 15.0. The van der Waals surface area contributed by atoms with Crippen molar-refractivity contribution in [3.63, 3.8) is 0 Å². The number of nitrogens with zero attached hydrogens (tertiary/aromatic N) is 3. The van der Waals surface area contributed by atoms with E-state index in [-0.39, 0.29) is 43.6 Å². The van der Waals surface area contributed by atoms with Crippen molar-refractivity contribution in [2.75, 3.05) is 0 Å². The first-order chi connectivity index (χ1) is 37.1. The molecule has 3 aromatic heterocycles. The molecule has 57 heavy (non-hydrogen) atoms. The summed E-state index contributed by atoms with van der Waals surface area (Å²) in [5.41, 5.74) is -1.64. The molecule has 0 unspecified atom stereocenters. The van der Waals surface area contributed by atoms with E-state index in [0.717, 1.165) is 4.57 Å². The second-order valence-electron chi connectivity index (χ2n) is 13.3. The fraction of sp³-hybridized carbons (Fsp3) is 0. The summed E-state index contributed by atoms with van der Waals surface area (Å²) in [6.45, 7) is 0. The molecular formula is C54H35N3. The van der Waals surface area contributed by atoms with E-state index >= 15 is 0 Å². The molecule has 0 aliphatic rings. The lowest BCUT2D eigenvalue weighted by Crippen LogP contribution is -1.97. The van der Waals surface area contributed by atoms with Crippen molar-refractivity contribution >= 4 is 65.4 Å². The third-order valence-corrected chi connectivity index (χ3v) is 10.2. The minimum Gasteiger partial charge on any atom is -0.309 e. The molecule has 0 saturated carbocycles. The normalized spacial score (nSPS) is 17.0. The van der Waals surface area contributed by atoms with Crippen LogP contribution in [0, 0.1) is 0 Å². The van der Waals surface area contributed by atoms with Crippen LogP contribution in [-0.2, 0) is 0 Å². The summed E-state index contributed by atoms with van der Waals surface area (Å²) >= 11 is 0. The zero-order valence-electron chi connectivity index (χ0n) is 50.4. The second-order valence-corrected chi connectivity index (χ2v) is 13.3. The Kier molecular flexibility index (Phi) is 3.81. The third kappa shape index (κ3) is 4.73. The van der Waals surface area contributed by atoms with Crippen molar-refractivity contribution < 1.29 is 28.8 Å². The molecule has 0 amide bonds. The smallest absolute Gasteiger partial charge is 0.0652 e. The summed E-state index contributed by atoms with van der Waals surface area (Å²) in [7, 11) is 0. The van der Waals surface area contributed by atoms with Gasteiger partial charge in [-0.3, -0.25) is 0 Å². The van der Waals surface area contributed by atoms with Gasteiger partial charge in [-0.2, -0.15) is 0 Å². The Labute approximate surface area is 359 Å². The van der Waals surface area contributed by atoms with Gasteiger partial charge in [0.05, 0.1) is 67.6 Å². The van der Waals surface area contributed by atoms with Crippen molar-refractivity contribution in [3.8, 4) is 39.3 Å². The average Bonchev–Trinajstić information content (AvgIpc) is 4.30. The van der Waals surface area contributed by atoms with Crippen molar-refractivity contribution in [1.82, 2.24) is 13.7 Å². The summed E-state index contributed by atoms with van der Waals surface area (Å²) in [5, 5.41) is -1.93. The van der Waals surface area contributed by atoms with Crippen LogP contribution in [0.1, 0.15) is 28.8 Å². The molecule has 266 valence electrons. The molecule has 12 rings (SSSR count). The van der Waals surface area contributed by atoms with Gasteiger partial charge in [0, 0.05) is 49.3 Å². The molecule has 0 N–H and O–H groups in total. The number of benzene rings is 9. The molecule has 3 heteroatoms. The first-order valence-electron chi connectivity index (χ1n) is 28.4. The van der Waals surface area contributed by atoms with E-state index in [4.69, 9.17) is 11.0 Å². The predicted octanol–water partition coefficient (Wildman–Crippen LogP) is 14.3. The van der Waals surface area contributed by atoms with E-state index in [1.54, 1.807) is 72.8 Å². The number of fused-ring (bicyclic) bond motifs is 9. The lowest BCUT2D eigenvalue weighted by atomic mass is 9.98. The van der Waals surface area contributed by atoms with E-state index in [0.29, 0.717) is 22.5 Å². The Balaban J connectivity index is 1.30. The van der Waals surface area contributed by atoms with Gasteiger partial charge < -0.3 is 13.7 Å². The van der Waals surface area contributed by atoms with Crippen molar-refractivity contribution in [1.29, 1.82) is 0 Å². The van der Waals surface area contributed by atoms with E-state index < -0.39 is 166 Å². The Morgan fingerprint density at radius 1 is 0.316 bits per heavy atom.